The lowest BCUT2D eigenvalue weighted by atomic mass is 10.2. The van der Waals surface area contributed by atoms with Gasteiger partial charge in [0, 0.05) is 0 Å². The van der Waals surface area contributed by atoms with E-state index in [1.54, 1.807) is 0 Å². The number of nitrogens with zero attached hydrogens (tertiary/aromatic N) is 2. The molecule has 17 heavy (non-hydrogen) atoms. The van der Waals surface area contributed by atoms with E-state index in [0.29, 0.717) is 12.0 Å². The summed E-state index contributed by atoms with van der Waals surface area (Å²) >= 11 is 0. The molecular weight excluding hydrogens is 235 g/mol. The van der Waals surface area contributed by atoms with Crippen LogP contribution < -0.4 is 10.4 Å². The van der Waals surface area contributed by atoms with Gasteiger partial charge in [0.2, 0.25) is 0 Å². The fourth-order valence-corrected chi connectivity index (χ4v) is 1.45. The number of benzene rings is 1. The maximum absolute atomic E-state index is 12.3. The van der Waals surface area contributed by atoms with Crippen molar-refractivity contribution in [1.82, 2.24) is 5.43 Å². The summed E-state index contributed by atoms with van der Waals surface area (Å²) in [5.41, 5.74) is 2.37. The van der Waals surface area contributed by atoms with Crippen LogP contribution in [0.1, 0.15) is 5.56 Å². The zero-order valence-electron chi connectivity index (χ0n) is 8.48. The van der Waals surface area contributed by atoms with Crippen molar-refractivity contribution in [2.24, 2.45) is 4.99 Å². The van der Waals surface area contributed by atoms with Gasteiger partial charge in [-0.3, -0.25) is 15.2 Å². The number of carbonyl (C=O) groups excluding carboxylic acids is 1. The van der Waals surface area contributed by atoms with E-state index in [9.17, 15) is 18.0 Å². The maximum atomic E-state index is 12.3. The molecule has 1 unspecified atom stereocenters. The topological polar surface area (TPSA) is 44.7 Å². The Bertz CT molecular complexity index is 441. The Morgan fingerprint density at radius 2 is 1.94 bits per heavy atom. The van der Waals surface area contributed by atoms with E-state index in [-0.39, 0.29) is 0 Å². The molecule has 4 nitrogen and oxygen atoms in total. The average molecular weight is 243 g/mol. The van der Waals surface area contributed by atoms with Crippen molar-refractivity contribution in [3.63, 3.8) is 0 Å². The first-order chi connectivity index (χ1) is 8.02. The first-order valence-corrected chi connectivity index (χ1v) is 4.72. The number of hydrazine groups is 1. The lowest BCUT2D eigenvalue weighted by molar-refractivity contribution is -0.137. The van der Waals surface area contributed by atoms with Gasteiger partial charge < -0.3 is 0 Å². The van der Waals surface area contributed by atoms with E-state index in [2.05, 4.69) is 10.4 Å². The second-order valence-electron chi connectivity index (χ2n) is 3.37. The van der Waals surface area contributed by atoms with Gasteiger partial charge in [0.25, 0.3) is 0 Å². The van der Waals surface area contributed by atoms with Crippen LogP contribution in [0.2, 0.25) is 0 Å². The molecular formula is C10H8F3N3O. The largest absolute Gasteiger partial charge is 0.416 e. The van der Waals surface area contributed by atoms with Crippen molar-refractivity contribution in [3.8, 4) is 0 Å². The standard InChI is InChI=1S/C10H8F3N3O/c11-10(12,13)7-1-3-8(4-2-7)16-9(5-17)14-6-15-16/h1-6,9H,(H,14,15). The number of aldehydes is 1. The van der Waals surface area contributed by atoms with Gasteiger partial charge in [-0.15, -0.1) is 0 Å². The van der Waals surface area contributed by atoms with Crippen molar-refractivity contribution in [2.45, 2.75) is 12.3 Å². The monoisotopic (exact) mass is 243 g/mol. The van der Waals surface area contributed by atoms with Crippen LogP contribution in [0.25, 0.3) is 0 Å². The molecule has 0 fully saturated rings. The van der Waals surface area contributed by atoms with E-state index in [1.165, 1.54) is 23.5 Å². The predicted molar refractivity (Wildman–Crippen MR) is 55.4 cm³/mol. The third kappa shape index (κ3) is 2.22. The highest BCUT2D eigenvalue weighted by molar-refractivity contribution is 5.75. The van der Waals surface area contributed by atoms with Crippen LogP contribution in [0.4, 0.5) is 18.9 Å². The van der Waals surface area contributed by atoms with Gasteiger partial charge in [0.1, 0.15) is 6.34 Å². The van der Waals surface area contributed by atoms with Crippen LogP contribution in [0.5, 0.6) is 0 Å². The molecule has 0 aromatic heterocycles. The highest BCUT2D eigenvalue weighted by Crippen LogP contribution is 2.30. The van der Waals surface area contributed by atoms with Crippen LogP contribution in [0.15, 0.2) is 29.3 Å². The van der Waals surface area contributed by atoms with E-state index in [0.717, 1.165) is 12.1 Å². The lowest BCUT2D eigenvalue weighted by Gasteiger charge is -2.21. The number of anilines is 1. The Morgan fingerprint density at radius 3 is 2.47 bits per heavy atom. The zero-order valence-corrected chi connectivity index (χ0v) is 8.48. The van der Waals surface area contributed by atoms with Crippen molar-refractivity contribution >= 4 is 18.3 Å². The summed E-state index contributed by atoms with van der Waals surface area (Å²) in [5.74, 6) is 0. The van der Waals surface area contributed by atoms with Gasteiger partial charge in [0.15, 0.2) is 12.5 Å². The van der Waals surface area contributed by atoms with E-state index < -0.39 is 17.9 Å². The zero-order chi connectivity index (χ0) is 12.5. The first-order valence-electron chi connectivity index (χ1n) is 4.72. The molecule has 1 atom stereocenters. The fourth-order valence-electron chi connectivity index (χ4n) is 1.45. The molecule has 1 aromatic carbocycles. The summed E-state index contributed by atoms with van der Waals surface area (Å²) in [7, 11) is 0. The van der Waals surface area contributed by atoms with Crippen molar-refractivity contribution in [3.05, 3.63) is 29.8 Å². The molecule has 1 aliphatic rings. The molecule has 0 aliphatic carbocycles. The smallest absolute Gasteiger partial charge is 0.299 e. The van der Waals surface area contributed by atoms with Gasteiger partial charge in [-0.05, 0) is 24.3 Å². The number of nitrogens with one attached hydrogen (secondary N) is 1. The maximum Gasteiger partial charge on any atom is 0.416 e. The summed E-state index contributed by atoms with van der Waals surface area (Å²) in [6.07, 6.45) is -3.20. The summed E-state index contributed by atoms with van der Waals surface area (Å²) in [6, 6.07) is 4.47. The molecule has 1 aromatic rings. The van der Waals surface area contributed by atoms with Crippen LogP contribution in [0.3, 0.4) is 0 Å². The fraction of sp³-hybridized carbons (Fsp3) is 0.200. The highest BCUT2D eigenvalue weighted by atomic mass is 19.4. The first kappa shape index (κ1) is 11.4. The number of hydrogen-bond donors (Lipinski definition) is 1. The van der Waals surface area contributed by atoms with Gasteiger partial charge in [-0.25, -0.2) is 4.99 Å². The summed E-state index contributed by atoms with van der Waals surface area (Å²) in [5, 5.41) is 1.37. The summed E-state index contributed by atoms with van der Waals surface area (Å²) < 4.78 is 37.0. The number of halogens is 3. The number of rotatable bonds is 2. The lowest BCUT2D eigenvalue weighted by Crippen LogP contribution is -2.39. The normalized spacial score (nSPS) is 19.2. The number of aliphatic imine (C=N–C) groups is 1. The third-order valence-electron chi connectivity index (χ3n) is 2.28. The molecule has 7 heteroatoms. The van der Waals surface area contributed by atoms with Gasteiger partial charge in [-0.2, -0.15) is 13.2 Å². The second kappa shape index (κ2) is 4.08. The predicted octanol–water partition coefficient (Wildman–Crippen LogP) is 1.58. The van der Waals surface area contributed by atoms with E-state index in [1.807, 2.05) is 0 Å². The minimum absolute atomic E-state index is 0.438. The number of alkyl halides is 3. The highest BCUT2D eigenvalue weighted by Gasteiger charge is 2.30. The second-order valence-corrected chi connectivity index (χ2v) is 3.37. The molecule has 0 spiro atoms. The van der Waals surface area contributed by atoms with Crippen LogP contribution in [-0.4, -0.2) is 18.8 Å². The quantitative estimate of drug-likeness (QED) is 0.802. The SMILES string of the molecule is O=CC1N=CNN1c1ccc(C(F)(F)F)cc1. The van der Waals surface area contributed by atoms with Gasteiger partial charge in [0.05, 0.1) is 11.3 Å². The van der Waals surface area contributed by atoms with Gasteiger partial charge in [-0.1, -0.05) is 0 Å². The molecule has 0 radical (unpaired) electrons. The van der Waals surface area contributed by atoms with Crippen molar-refractivity contribution < 1.29 is 18.0 Å². The molecule has 1 aliphatic heterocycles. The Kier molecular flexibility index (Phi) is 2.74. The molecule has 0 amide bonds. The number of carbonyl (C=O) groups is 1. The van der Waals surface area contributed by atoms with E-state index >= 15 is 0 Å². The molecule has 1 heterocycles. The van der Waals surface area contributed by atoms with Crippen LogP contribution in [0, 0.1) is 0 Å². The molecule has 90 valence electrons. The minimum Gasteiger partial charge on any atom is -0.299 e. The Balaban J connectivity index is 2.21. The van der Waals surface area contributed by atoms with Crippen LogP contribution >= 0.6 is 0 Å². The van der Waals surface area contributed by atoms with Crippen molar-refractivity contribution in [2.75, 3.05) is 5.01 Å². The Morgan fingerprint density at radius 1 is 1.29 bits per heavy atom. The van der Waals surface area contributed by atoms with Crippen LogP contribution in [-0.2, 0) is 11.0 Å². The average Bonchev–Trinajstić information content (AvgIpc) is 2.76. The molecule has 1 N–H and O–H groups in total. The molecule has 2 rings (SSSR count). The molecule has 0 bridgehead atoms. The van der Waals surface area contributed by atoms with Gasteiger partial charge >= 0.3 is 6.18 Å². The summed E-state index contributed by atoms with van der Waals surface area (Å²) in [6.45, 7) is 0. The van der Waals surface area contributed by atoms with E-state index in [4.69, 9.17) is 0 Å². The Hall–Kier alpha value is -2.05. The third-order valence-corrected chi connectivity index (χ3v) is 2.28. The summed E-state index contributed by atoms with van der Waals surface area (Å²) in [4.78, 5) is 14.4. The number of hydrogen-bond acceptors (Lipinski definition) is 4. The molecule has 0 saturated carbocycles. The Labute approximate surface area is 94.7 Å². The minimum atomic E-state index is -4.36. The molecule has 0 saturated heterocycles. The van der Waals surface area contributed by atoms with Crippen molar-refractivity contribution in [1.29, 1.82) is 0 Å².